The first-order valence-electron chi connectivity index (χ1n) is 8.18. The highest BCUT2D eigenvalue weighted by Crippen LogP contribution is 2.25. The SMILES string of the molecule is CC[C@@H](NS(=O)(=O)c1ccc2cc(OC)ccc2c1)c1ccccc1. The van der Waals surface area contributed by atoms with Crippen LogP contribution in [-0.4, -0.2) is 15.5 Å². The van der Waals surface area contributed by atoms with Crippen molar-refractivity contribution < 1.29 is 13.2 Å². The standard InChI is InChI=1S/C20H21NO3S/c1-3-20(15-7-5-4-6-8-15)21-25(22,23)19-12-10-16-13-18(24-2)11-9-17(16)14-19/h4-14,20-21H,3H2,1-2H3/t20-/m1/s1. The summed E-state index contributed by atoms with van der Waals surface area (Å²) in [6, 6.07) is 20.1. The van der Waals surface area contributed by atoms with Crippen LogP contribution >= 0.6 is 0 Å². The number of hydrogen-bond donors (Lipinski definition) is 1. The molecule has 0 radical (unpaired) electrons. The van der Waals surface area contributed by atoms with Crippen LogP contribution in [0.15, 0.2) is 71.6 Å². The molecular formula is C20H21NO3S. The van der Waals surface area contributed by atoms with Crippen LogP contribution in [0.3, 0.4) is 0 Å². The zero-order valence-electron chi connectivity index (χ0n) is 14.3. The molecule has 4 nitrogen and oxygen atoms in total. The molecule has 0 aliphatic heterocycles. The lowest BCUT2D eigenvalue weighted by Gasteiger charge is -2.18. The molecule has 0 bridgehead atoms. The van der Waals surface area contributed by atoms with E-state index in [2.05, 4.69) is 4.72 Å². The molecule has 0 heterocycles. The monoisotopic (exact) mass is 355 g/mol. The van der Waals surface area contributed by atoms with Crippen molar-refractivity contribution in [2.24, 2.45) is 0 Å². The number of rotatable bonds is 6. The Labute approximate surface area is 148 Å². The molecule has 130 valence electrons. The number of benzene rings is 3. The van der Waals surface area contributed by atoms with Crippen LogP contribution in [-0.2, 0) is 10.0 Å². The molecule has 3 rings (SSSR count). The van der Waals surface area contributed by atoms with E-state index in [-0.39, 0.29) is 10.9 Å². The van der Waals surface area contributed by atoms with Gasteiger partial charge < -0.3 is 4.74 Å². The van der Waals surface area contributed by atoms with Crippen molar-refractivity contribution in [2.45, 2.75) is 24.3 Å². The summed E-state index contributed by atoms with van der Waals surface area (Å²) >= 11 is 0. The maximum Gasteiger partial charge on any atom is 0.241 e. The van der Waals surface area contributed by atoms with Crippen molar-refractivity contribution in [1.29, 1.82) is 0 Å². The Balaban J connectivity index is 1.92. The van der Waals surface area contributed by atoms with Gasteiger partial charge in [-0.05, 0) is 47.0 Å². The molecule has 3 aromatic rings. The minimum absolute atomic E-state index is 0.252. The Hall–Kier alpha value is -2.37. The van der Waals surface area contributed by atoms with Gasteiger partial charge in [-0.3, -0.25) is 0 Å². The van der Waals surface area contributed by atoms with Crippen LogP contribution in [0.4, 0.5) is 0 Å². The van der Waals surface area contributed by atoms with Crippen molar-refractivity contribution >= 4 is 20.8 Å². The topological polar surface area (TPSA) is 55.4 Å². The molecule has 25 heavy (non-hydrogen) atoms. The summed E-state index contributed by atoms with van der Waals surface area (Å²) in [6.45, 7) is 1.97. The fourth-order valence-corrected chi connectivity index (χ4v) is 4.17. The fraction of sp³-hybridized carbons (Fsp3) is 0.200. The summed E-state index contributed by atoms with van der Waals surface area (Å²) in [5, 5.41) is 1.80. The largest absolute Gasteiger partial charge is 0.497 e. The van der Waals surface area contributed by atoms with Crippen molar-refractivity contribution in [1.82, 2.24) is 4.72 Å². The van der Waals surface area contributed by atoms with E-state index < -0.39 is 10.0 Å². The molecule has 5 heteroatoms. The zero-order chi connectivity index (χ0) is 17.9. The summed E-state index contributed by atoms with van der Waals surface area (Å²) in [4.78, 5) is 0.263. The lowest BCUT2D eigenvalue weighted by atomic mass is 10.1. The van der Waals surface area contributed by atoms with Crippen LogP contribution in [0.1, 0.15) is 24.9 Å². The normalized spacial score (nSPS) is 12.9. The summed E-state index contributed by atoms with van der Waals surface area (Å²) in [5.74, 6) is 0.747. The van der Waals surface area contributed by atoms with E-state index in [0.29, 0.717) is 6.42 Å². The van der Waals surface area contributed by atoms with E-state index in [0.717, 1.165) is 22.1 Å². The average molecular weight is 355 g/mol. The molecule has 0 amide bonds. The molecule has 0 spiro atoms. The Bertz CT molecular complexity index is 969. The predicted molar refractivity (Wildman–Crippen MR) is 100 cm³/mol. The van der Waals surface area contributed by atoms with E-state index in [1.807, 2.05) is 55.5 Å². The lowest BCUT2D eigenvalue weighted by molar-refractivity contribution is 0.415. The molecule has 0 unspecified atom stereocenters. The number of ether oxygens (including phenoxy) is 1. The van der Waals surface area contributed by atoms with Gasteiger partial charge in [-0.1, -0.05) is 49.4 Å². The van der Waals surface area contributed by atoms with Crippen LogP contribution in [0.5, 0.6) is 5.75 Å². The number of hydrogen-bond acceptors (Lipinski definition) is 3. The molecule has 0 aromatic heterocycles. The van der Waals surface area contributed by atoms with Gasteiger partial charge >= 0.3 is 0 Å². The third kappa shape index (κ3) is 3.83. The van der Waals surface area contributed by atoms with E-state index in [1.165, 1.54) is 0 Å². The maximum atomic E-state index is 12.8. The number of methoxy groups -OCH3 is 1. The second kappa shape index (κ2) is 7.25. The van der Waals surface area contributed by atoms with Crippen LogP contribution < -0.4 is 9.46 Å². The molecule has 0 aliphatic carbocycles. The van der Waals surface area contributed by atoms with Crippen LogP contribution in [0.2, 0.25) is 0 Å². The number of sulfonamides is 1. The van der Waals surface area contributed by atoms with Crippen molar-refractivity contribution in [3.05, 3.63) is 72.3 Å². The van der Waals surface area contributed by atoms with E-state index >= 15 is 0 Å². The third-order valence-corrected chi connectivity index (χ3v) is 5.71. The minimum Gasteiger partial charge on any atom is -0.497 e. The minimum atomic E-state index is -3.61. The molecule has 0 aliphatic rings. The summed E-state index contributed by atoms with van der Waals surface area (Å²) in [6.07, 6.45) is 0.675. The first-order valence-corrected chi connectivity index (χ1v) is 9.67. The van der Waals surface area contributed by atoms with Gasteiger partial charge in [0.2, 0.25) is 10.0 Å². The highest BCUT2D eigenvalue weighted by atomic mass is 32.2. The number of fused-ring (bicyclic) bond motifs is 1. The molecule has 0 saturated heterocycles. The van der Waals surface area contributed by atoms with Crippen molar-refractivity contribution in [3.8, 4) is 5.75 Å². The molecule has 1 atom stereocenters. The quantitative estimate of drug-likeness (QED) is 0.718. The van der Waals surface area contributed by atoms with E-state index in [9.17, 15) is 8.42 Å². The van der Waals surface area contributed by atoms with E-state index in [4.69, 9.17) is 4.74 Å². The highest BCUT2D eigenvalue weighted by molar-refractivity contribution is 7.89. The molecular weight excluding hydrogens is 334 g/mol. The van der Waals surface area contributed by atoms with Crippen LogP contribution in [0.25, 0.3) is 10.8 Å². The smallest absolute Gasteiger partial charge is 0.241 e. The van der Waals surface area contributed by atoms with Gasteiger partial charge in [0.25, 0.3) is 0 Å². The molecule has 0 saturated carbocycles. The molecule has 1 N–H and O–H groups in total. The zero-order valence-corrected chi connectivity index (χ0v) is 15.1. The average Bonchev–Trinajstić information content (AvgIpc) is 2.66. The third-order valence-electron chi connectivity index (χ3n) is 4.24. The second-order valence-electron chi connectivity index (χ2n) is 5.87. The van der Waals surface area contributed by atoms with Crippen LogP contribution in [0, 0.1) is 0 Å². The highest BCUT2D eigenvalue weighted by Gasteiger charge is 2.20. The van der Waals surface area contributed by atoms with Gasteiger partial charge in [-0.15, -0.1) is 0 Å². The van der Waals surface area contributed by atoms with Gasteiger partial charge in [-0.2, -0.15) is 0 Å². The first-order chi connectivity index (χ1) is 12.0. The summed E-state index contributed by atoms with van der Waals surface area (Å²) in [5.41, 5.74) is 0.958. The van der Waals surface area contributed by atoms with Gasteiger partial charge in [0.1, 0.15) is 5.75 Å². The van der Waals surface area contributed by atoms with Crippen molar-refractivity contribution in [3.63, 3.8) is 0 Å². The second-order valence-corrected chi connectivity index (χ2v) is 7.58. The maximum absolute atomic E-state index is 12.8. The van der Waals surface area contributed by atoms with Gasteiger partial charge in [0.05, 0.1) is 12.0 Å². The van der Waals surface area contributed by atoms with Crippen molar-refractivity contribution in [2.75, 3.05) is 7.11 Å². The summed E-state index contributed by atoms with van der Waals surface area (Å²) in [7, 11) is -2.00. The molecule has 0 fully saturated rings. The summed E-state index contributed by atoms with van der Waals surface area (Å²) < 4.78 is 33.6. The predicted octanol–water partition coefficient (Wildman–Crippen LogP) is 4.28. The lowest BCUT2D eigenvalue weighted by Crippen LogP contribution is -2.28. The fourth-order valence-electron chi connectivity index (χ4n) is 2.82. The Morgan fingerprint density at radius 2 is 1.64 bits per heavy atom. The van der Waals surface area contributed by atoms with Gasteiger partial charge in [0.15, 0.2) is 0 Å². The van der Waals surface area contributed by atoms with E-state index in [1.54, 1.807) is 25.3 Å². The van der Waals surface area contributed by atoms with Gasteiger partial charge in [-0.25, -0.2) is 13.1 Å². The van der Waals surface area contributed by atoms with Gasteiger partial charge in [0, 0.05) is 6.04 Å². The number of nitrogens with one attached hydrogen (secondary N) is 1. The Morgan fingerprint density at radius 1 is 0.960 bits per heavy atom. The molecule has 3 aromatic carbocycles. The Morgan fingerprint density at radius 3 is 2.32 bits per heavy atom. The Kier molecular flexibility index (Phi) is 5.06. The first kappa shape index (κ1) is 17.5.